The fourth-order valence-corrected chi connectivity index (χ4v) is 1.78. The van der Waals surface area contributed by atoms with Gasteiger partial charge in [0.2, 0.25) is 5.91 Å². The minimum Gasteiger partial charge on any atom is -0.349 e. The van der Waals surface area contributed by atoms with Gasteiger partial charge in [0.15, 0.2) is 0 Å². The molecule has 6 heteroatoms. The van der Waals surface area contributed by atoms with E-state index in [9.17, 15) is 14.4 Å². The molecular formula is C11H19N3O3. The molecule has 4 amide bonds. The molecule has 0 radical (unpaired) electrons. The van der Waals surface area contributed by atoms with Gasteiger partial charge >= 0.3 is 6.03 Å². The summed E-state index contributed by atoms with van der Waals surface area (Å²) in [6, 6.07) is -0.411. The van der Waals surface area contributed by atoms with Crippen molar-refractivity contribution in [2.75, 3.05) is 20.6 Å². The Morgan fingerprint density at radius 1 is 1.41 bits per heavy atom. The highest BCUT2D eigenvalue weighted by atomic mass is 16.2. The van der Waals surface area contributed by atoms with E-state index in [0.29, 0.717) is 6.42 Å². The summed E-state index contributed by atoms with van der Waals surface area (Å²) in [5.74, 6) is -0.349. The minimum absolute atomic E-state index is 0.0596. The van der Waals surface area contributed by atoms with Crippen LogP contribution in [0.2, 0.25) is 0 Å². The van der Waals surface area contributed by atoms with Gasteiger partial charge in [-0.1, -0.05) is 6.92 Å². The fraction of sp³-hybridized carbons (Fsp3) is 0.727. The number of nitrogens with zero attached hydrogens (tertiary/aromatic N) is 2. The minimum atomic E-state index is -0.830. The number of nitrogens with one attached hydrogen (secondary N) is 1. The van der Waals surface area contributed by atoms with Gasteiger partial charge in [0.05, 0.1) is 0 Å². The van der Waals surface area contributed by atoms with Crippen molar-refractivity contribution in [2.45, 2.75) is 32.2 Å². The molecule has 1 atom stereocenters. The fourth-order valence-electron chi connectivity index (χ4n) is 1.78. The molecule has 1 aliphatic heterocycles. The predicted octanol–water partition coefficient (Wildman–Crippen LogP) is 0.185. The summed E-state index contributed by atoms with van der Waals surface area (Å²) in [6.45, 7) is 3.82. The van der Waals surface area contributed by atoms with Crippen LogP contribution in [0.25, 0.3) is 0 Å². The van der Waals surface area contributed by atoms with Crippen molar-refractivity contribution in [1.29, 1.82) is 0 Å². The van der Waals surface area contributed by atoms with Crippen molar-refractivity contribution < 1.29 is 14.4 Å². The van der Waals surface area contributed by atoms with Gasteiger partial charge < -0.3 is 9.80 Å². The first-order valence-corrected chi connectivity index (χ1v) is 5.66. The number of carbonyl (C=O) groups excluding carboxylic acids is 3. The highest BCUT2D eigenvalue weighted by Gasteiger charge is 2.47. The molecule has 96 valence electrons. The van der Waals surface area contributed by atoms with Crippen LogP contribution in [0.3, 0.4) is 0 Å². The molecule has 17 heavy (non-hydrogen) atoms. The molecule has 1 rings (SSSR count). The number of rotatable bonds is 4. The molecule has 1 saturated heterocycles. The summed E-state index contributed by atoms with van der Waals surface area (Å²) in [4.78, 5) is 37.7. The van der Waals surface area contributed by atoms with Crippen LogP contribution in [0.4, 0.5) is 4.79 Å². The van der Waals surface area contributed by atoms with Gasteiger partial charge in [0, 0.05) is 27.1 Å². The van der Waals surface area contributed by atoms with Crippen LogP contribution in [0.15, 0.2) is 0 Å². The molecule has 0 saturated carbocycles. The Balaban J connectivity index is 2.72. The molecule has 0 aliphatic carbocycles. The van der Waals surface area contributed by atoms with Gasteiger partial charge in [0.1, 0.15) is 5.54 Å². The van der Waals surface area contributed by atoms with Crippen molar-refractivity contribution in [3.63, 3.8) is 0 Å². The van der Waals surface area contributed by atoms with E-state index in [0.717, 1.165) is 0 Å². The highest BCUT2D eigenvalue weighted by molar-refractivity contribution is 6.06. The van der Waals surface area contributed by atoms with Crippen LogP contribution in [0.1, 0.15) is 26.7 Å². The third-order valence-electron chi connectivity index (χ3n) is 3.29. The maximum absolute atomic E-state index is 11.7. The molecule has 0 bridgehead atoms. The molecule has 1 unspecified atom stereocenters. The van der Waals surface area contributed by atoms with E-state index >= 15 is 0 Å². The van der Waals surface area contributed by atoms with Crippen molar-refractivity contribution in [2.24, 2.45) is 0 Å². The lowest BCUT2D eigenvalue weighted by Gasteiger charge is -2.30. The Kier molecular flexibility index (Phi) is 3.75. The topological polar surface area (TPSA) is 69.7 Å². The highest BCUT2D eigenvalue weighted by Crippen LogP contribution is 2.25. The molecule has 0 aromatic rings. The molecule has 1 fully saturated rings. The smallest absolute Gasteiger partial charge is 0.325 e. The maximum Gasteiger partial charge on any atom is 0.325 e. The Labute approximate surface area is 101 Å². The van der Waals surface area contributed by atoms with E-state index in [1.54, 1.807) is 21.0 Å². The van der Waals surface area contributed by atoms with Gasteiger partial charge in [-0.25, -0.2) is 4.79 Å². The van der Waals surface area contributed by atoms with E-state index in [4.69, 9.17) is 0 Å². The number of hydrogen-bond acceptors (Lipinski definition) is 3. The molecule has 1 N–H and O–H groups in total. The first-order chi connectivity index (χ1) is 7.82. The molecule has 0 spiro atoms. The lowest BCUT2D eigenvalue weighted by molar-refractivity contribution is -0.130. The summed E-state index contributed by atoms with van der Waals surface area (Å²) in [5, 5.41) is 2.28. The zero-order valence-electron chi connectivity index (χ0n) is 10.7. The maximum atomic E-state index is 11.7. The number of amides is 4. The number of urea groups is 1. The number of imide groups is 1. The number of hydrogen-bond donors (Lipinski definition) is 1. The van der Waals surface area contributed by atoms with Crippen molar-refractivity contribution in [1.82, 2.24) is 15.1 Å². The van der Waals surface area contributed by atoms with Crippen LogP contribution in [-0.4, -0.2) is 53.8 Å². The van der Waals surface area contributed by atoms with Crippen LogP contribution in [0.5, 0.6) is 0 Å². The Morgan fingerprint density at radius 2 is 2.00 bits per heavy atom. The summed E-state index contributed by atoms with van der Waals surface area (Å²) in [5.41, 5.74) is -0.830. The van der Waals surface area contributed by atoms with E-state index in [2.05, 4.69) is 5.32 Å². The van der Waals surface area contributed by atoms with Crippen LogP contribution < -0.4 is 5.32 Å². The monoisotopic (exact) mass is 241 g/mol. The van der Waals surface area contributed by atoms with Gasteiger partial charge in [-0.3, -0.25) is 14.9 Å². The standard InChI is InChI=1S/C11H19N3O3/c1-5-11(2)9(16)12-10(17)14(11)7-6-8(15)13(3)4/h5-7H2,1-4H3,(H,12,16,17). The molecular weight excluding hydrogens is 222 g/mol. The van der Waals surface area contributed by atoms with E-state index in [1.165, 1.54) is 9.80 Å². The van der Waals surface area contributed by atoms with Crippen molar-refractivity contribution >= 4 is 17.8 Å². The van der Waals surface area contributed by atoms with Crippen molar-refractivity contribution in [3.05, 3.63) is 0 Å². The zero-order chi connectivity index (χ0) is 13.2. The van der Waals surface area contributed by atoms with Crippen LogP contribution in [-0.2, 0) is 9.59 Å². The normalized spacial score (nSPS) is 23.9. The lowest BCUT2D eigenvalue weighted by Crippen LogP contribution is -2.47. The first-order valence-electron chi connectivity index (χ1n) is 5.66. The average molecular weight is 241 g/mol. The van der Waals surface area contributed by atoms with E-state index in [1.807, 2.05) is 6.92 Å². The summed E-state index contributed by atoms with van der Waals surface area (Å²) >= 11 is 0. The molecule has 0 aromatic carbocycles. The second-order valence-corrected chi connectivity index (χ2v) is 4.58. The van der Waals surface area contributed by atoms with E-state index in [-0.39, 0.29) is 24.8 Å². The van der Waals surface area contributed by atoms with E-state index < -0.39 is 11.6 Å². The SMILES string of the molecule is CCC1(C)C(=O)NC(=O)N1CCC(=O)N(C)C. The van der Waals surface area contributed by atoms with Crippen LogP contribution >= 0.6 is 0 Å². The largest absolute Gasteiger partial charge is 0.349 e. The second kappa shape index (κ2) is 4.73. The number of carbonyl (C=O) groups is 3. The van der Waals surface area contributed by atoms with Gasteiger partial charge in [-0.2, -0.15) is 0 Å². The first kappa shape index (κ1) is 13.5. The zero-order valence-corrected chi connectivity index (χ0v) is 10.7. The van der Waals surface area contributed by atoms with Gasteiger partial charge in [0.25, 0.3) is 5.91 Å². The Hall–Kier alpha value is -1.59. The third kappa shape index (κ3) is 2.40. The van der Waals surface area contributed by atoms with Crippen molar-refractivity contribution in [3.8, 4) is 0 Å². The third-order valence-corrected chi connectivity index (χ3v) is 3.29. The second-order valence-electron chi connectivity index (χ2n) is 4.58. The summed E-state index contributed by atoms with van der Waals surface area (Å²) < 4.78 is 0. The average Bonchev–Trinajstić information content (AvgIpc) is 2.48. The Bertz CT molecular complexity index is 354. The van der Waals surface area contributed by atoms with Gasteiger partial charge in [-0.05, 0) is 13.3 Å². The Morgan fingerprint density at radius 3 is 2.47 bits per heavy atom. The predicted molar refractivity (Wildman–Crippen MR) is 62.3 cm³/mol. The summed E-state index contributed by atoms with van der Waals surface area (Å²) in [7, 11) is 3.33. The quantitative estimate of drug-likeness (QED) is 0.714. The lowest BCUT2D eigenvalue weighted by atomic mass is 9.97. The summed E-state index contributed by atoms with van der Waals surface area (Å²) in [6.07, 6.45) is 0.754. The molecule has 6 nitrogen and oxygen atoms in total. The van der Waals surface area contributed by atoms with Crippen LogP contribution in [0, 0.1) is 0 Å². The molecule has 0 aromatic heterocycles. The molecule has 1 heterocycles. The van der Waals surface area contributed by atoms with Gasteiger partial charge in [-0.15, -0.1) is 0 Å². The molecule has 1 aliphatic rings.